The number of benzene rings is 2. The summed E-state index contributed by atoms with van der Waals surface area (Å²) in [5.74, 6) is -1.67. The molecular formula is C23H31BN2O6. The van der Waals surface area contributed by atoms with Crippen LogP contribution >= 0.6 is 0 Å². The lowest BCUT2D eigenvalue weighted by Crippen LogP contribution is -2.56. The highest BCUT2D eigenvalue weighted by molar-refractivity contribution is 6.43. The Morgan fingerprint density at radius 2 is 1.50 bits per heavy atom. The molecule has 0 fully saturated rings. The van der Waals surface area contributed by atoms with Gasteiger partial charge in [0.05, 0.1) is 12.0 Å². The largest absolute Gasteiger partial charge is 0.475 e. The van der Waals surface area contributed by atoms with Gasteiger partial charge in [-0.05, 0) is 29.9 Å². The van der Waals surface area contributed by atoms with E-state index in [0.29, 0.717) is 6.42 Å². The first-order valence-corrected chi connectivity index (χ1v) is 10.6. The minimum Gasteiger partial charge on any atom is -0.445 e. The van der Waals surface area contributed by atoms with E-state index in [1.165, 1.54) is 0 Å². The van der Waals surface area contributed by atoms with Crippen molar-refractivity contribution in [1.82, 2.24) is 10.6 Å². The van der Waals surface area contributed by atoms with Crippen molar-refractivity contribution in [2.45, 2.75) is 51.4 Å². The predicted octanol–water partition coefficient (Wildman–Crippen LogP) is 1.43. The number of ether oxygens (including phenoxy) is 1. The summed E-state index contributed by atoms with van der Waals surface area (Å²) in [4.78, 5) is 25.0. The number of amides is 2. The summed E-state index contributed by atoms with van der Waals surface area (Å²) < 4.78 is 5.23. The minimum atomic E-state index is -1.77. The van der Waals surface area contributed by atoms with E-state index in [9.17, 15) is 24.7 Å². The lowest BCUT2D eigenvalue weighted by molar-refractivity contribution is -0.131. The number of nitrogens with one attached hydrogen (secondary N) is 2. The van der Waals surface area contributed by atoms with Gasteiger partial charge in [0.15, 0.2) is 6.10 Å². The predicted molar refractivity (Wildman–Crippen MR) is 121 cm³/mol. The highest BCUT2D eigenvalue weighted by Crippen LogP contribution is 2.10. The van der Waals surface area contributed by atoms with E-state index in [0.717, 1.165) is 11.1 Å². The van der Waals surface area contributed by atoms with Crippen LogP contribution in [0.1, 0.15) is 31.4 Å². The summed E-state index contributed by atoms with van der Waals surface area (Å²) in [7, 11) is -1.77. The quantitative estimate of drug-likeness (QED) is 0.335. The molecule has 2 rings (SSSR count). The Morgan fingerprint density at radius 3 is 2.03 bits per heavy atom. The Morgan fingerprint density at radius 1 is 0.938 bits per heavy atom. The van der Waals surface area contributed by atoms with Crippen LogP contribution < -0.4 is 10.6 Å². The fraction of sp³-hybridized carbons (Fsp3) is 0.391. The van der Waals surface area contributed by atoms with Gasteiger partial charge in [0.2, 0.25) is 0 Å². The first kappa shape index (κ1) is 25.4. The summed E-state index contributed by atoms with van der Waals surface area (Å²) in [5.41, 5.74) is 1.60. The summed E-state index contributed by atoms with van der Waals surface area (Å²) in [5, 5.41) is 34.8. The standard InChI is InChI=1S/C23H31BN2O6/c1-16(2)13-20(24(30)31)26-22(28)21(27)19(14-17-9-5-3-6-10-17)25-23(29)32-15-18-11-7-4-8-12-18/h3-12,16,19-21,27,30-31H,13-15H2,1-2H3,(H,25,29)(H,26,28)/t19-,20+,21+/m1/s1. The molecule has 2 amide bonds. The van der Waals surface area contributed by atoms with Crippen molar-refractivity contribution < 1.29 is 29.5 Å². The van der Waals surface area contributed by atoms with Crippen LogP contribution in [0.25, 0.3) is 0 Å². The minimum absolute atomic E-state index is 0.0419. The number of hydrogen-bond acceptors (Lipinski definition) is 6. The van der Waals surface area contributed by atoms with Crippen molar-refractivity contribution in [3.63, 3.8) is 0 Å². The van der Waals surface area contributed by atoms with E-state index in [1.54, 1.807) is 0 Å². The average molecular weight is 442 g/mol. The van der Waals surface area contributed by atoms with E-state index in [-0.39, 0.29) is 18.9 Å². The van der Waals surface area contributed by atoms with Gasteiger partial charge >= 0.3 is 13.2 Å². The molecule has 0 bridgehead atoms. The average Bonchev–Trinajstić information content (AvgIpc) is 2.77. The molecule has 0 spiro atoms. The number of carbonyl (C=O) groups excluding carboxylic acids is 2. The maximum Gasteiger partial charge on any atom is 0.475 e. The molecule has 0 heterocycles. The van der Waals surface area contributed by atoms with Crippen molar-refractivity contribution in [1.29, 1.82) is 0 Å². The molecular weight excluding hydrogens is 411 g/mol. The normalized spacial score (nSPS) is 13.7. The molecule has 8 nitrogen and oxygen atoms in total. The maximum atomic E-state index is 12.7. The molecule has 0 saturated carbocycles. The molecule has 5 N–H and O–H groups in total. The molecule has 172 valence electrons. The number of aliphatic hydroxyl groups excluding tert-OH is 1. The third kappa shape index (κ3) is 8.70. The zero-order valence-corrected chi connectivity index (χ0v) is 18.3. The van der Waals surface area contributed by atoms with Gasteiger partial charge in [0.1, 0.15) is 6.61 Å². The third-order valence-corrected chi connectivity index (χ3v) is 4.88. The van der Waals surface area contributed by atoms with Crippen LogP contribution in [-0.2, 0) is 22.6 Å². The number of hydrogen-bond donors (Lipinski definition) is 5. The fourth-order valence-corrected chi connectivity index (χ4v) is 3.24. The van der Waals surface area contributed by atoms with Crippen molar-refractivity contribution in [2.24, 2.45) is 5.92 Å². The molecule has 32 heavy (non-hydrogen) atoms. The van der Waals surface area contributed by atoms with Gasteiger partial charge in [-0.25, -0.2) is 4.79 Å². The van der Waals surface area contributed by atoms with Crippen molar-refractivity contribution >= 4 is 19.1 Å². The van der Waals surface area contributed by atoms with Crippen molar-refractivity contribution in [2.75, 3.05) is 0 Å². The molecule has 9 heteroatoms. The monoisotopic (exact) mass is 442 g/mol. The molecule has 0 aliphatic heterocycles. The topological polar surface area (TPSA) is 128 Å². The molecule has 3 atom stereocenters. The second-order valence-corrected chi connectivity index (χ2v) is 8.11. The highest BCUT2D eigenvalue weighted by Gasteiger charge is 2.33. The Kier molecular flexibility index (Phi) is 10.2. The van der Waals surface area contributed by atoms with Crippen LogP contribution in [0, 0.1) is 5.92 Å². The van der Waals surface area contributed by atoms with E-state index in [2.05, 4.69) is 10.6 Å². The molecule has 2 aromatic carbocycles. The first-order chi connectivity index (χ1) is 15.3. The second kappa shape index (κ2) is 12.9. The van der Waals surface area contributed by atoms with Crippen LogP contribution in [0.15, 0.2) is 60.7 Å². The van der Waals surface area contributed by atoms with E-state index in [1.807, 2.05) is 74.5 Å². The van der Waals surface area contributed by atoms with Gasteiger partial charge in [-0.3, -0.25) is 4.79 Å². The smallest absolute Gasteiger partial charge is 0.445 e. The molecule has 0 unspecified atom stereocenters. The lowest BCUT2D eigenvalue weighted by Gasteiger charge is -2.26. The third-order valence-electron chi connectivity index (χ3n) is 4.88. The van der Waals surface area contributed by atoms with Gasteiger partial charge < -0.3 is 30.5 Å². The SMILES string of the molecule is CC(C)C[C@H](NC(=O)[C@@H](O)[C@@H](Cc1ccccc1)NC(=O)OCc1ccccc1)B(O)O. The summed E-state index contributed by atoms with van der Waals surface area (Å²) in [6.07, 6.45) is -1.92. The molecule has 0 aliphatic carbocycles. The Hall–Kier alpha value is -2.88. The zero-order chi connectivity index (χ0) is 23.5. The molecule has 0 aliphatic rings. The second-order valence-electron chi connectivity index (χ2n) is 8.11. The lowest BCUT2D eigenvalue weighted by atomic mass is 9.75. The van der Waals surface area contributed by atoms with Crippen LogP contribution in [0.2, 0.25) is 0 Å². The highest BCUT2D eigenvalue weighted by atomic mass is 16.5. The van der Waals surface area contributed by atoms with Gasteiger partial charge in [-0.15, -0.1) is 0 Å². The van der Waals surface area contributed by atoms with Gasteiger partial charge in [0, 0.05) is 0 Å². The summed E-state index contributed by atoms with van der Waals surface area (Å²) >= 11 is 0. The number of aliphatic hydroxyl groups is 1. The van der Waals surface area contributed by atoms with Crippen LogP contribution in [0.5, 0.6) is 0 Å². The number of carbonyl (C=O) groups is 2. The Balaban J connectivity index is 2.07. The van der Waals surface area contributed by atoms with Gasteiger partial charge in [0.25, 0.3) is 5.91 Å². The van der Waals surface area contributed by atoms with E-state index >= 15 is 0 Å². The van der Waals surface area contributed by atoms with E-state index < -0.39 is 37.2 Å². The Labute approximate surface area is 188 Å². The molecule has 2 aromatic rings. The van der Waals surface area contributed by atoms with Gasteiger partial charge in [-0.2, -0.15) is 0 Å². The molecule has 0 aromatic heterocycles. The Bertz CT molecular complexity index is 835. The van der Waals surface area contributed by atoms with Gasteiger partial charge in [-0.1, -0.05) is 74.5 Å². The number of rotatable bonds is 11. The first-order valence-electron chi connectivity index (χ1n) is 10.6. The van der Waals surface area contributed by atoms with Crippen molar-refractivity contribution in [3.8, 4) is 0 Å². The van der Waals surface area contributed by atoms with Crippen LogP contribution in [0.4, 0.5) is 4.79 Å². The maximum absolute atomic E-state index is 12.7. The fourth-order valence-electron chi connectivity index (χ4n) is 3.24. The van der Waals surface area contributed by atoms with Crippen molar-refractivity contribution in [3.05, 3.63) is 71.8 Å². The van der Waals surface area contributed by atoms with E-state index in [4.69, 9.17) is 4.74 Å². The summed E-state index contributed by atoms with van der Waals surface area (Å²) in [6.45, 7) is 3.79. The molecule has 0 radical (unpaired) electrons. The zero-order valence-electron chi connectivity index (χ0n) is 18.3. The summed E-state index contributed by atoms with van der Waals surface area (Å²) in [6, 6.07) is 17.2. The number of alkyl carbamates (subject to hydrolysis) is 1. The van der Waals surface area contributed by atoms with Crippen LogP contribution in [-0.4, -0.2) is 52.4 Å². The van der Waals surface area contributed by atoms with Crippen LogP contribution in [0.3, 0.4) is 0 Å². The molecule has 0 saturated heterocycles.